The summed E-state index contributed by atoms with van der Waals surface area (Å²) in [7, 11) is 0. The maximum Gasteiger partial charge on any atom is 0.310 e. The van der Waals surface area contributed by atoms with E-state index in [4.69, 9.17) is 15.2 Å². The third-order valence-corrected chi connectivity index (χ3v) is 6.02. The quantitative estimate of drug-likeness (QED) is 0.540. The summed E-state index contributed by atoms with van der Waals surface area (Å²) in [5.74, 6) is -0.585. The van der Waals surface area contributed by atoms with Crippen LogP contribution in [0, 0.1) is 18.3 Å². The molecule has 0 bridgehead atoms. The van der Waals surface area contributed by atoms with Crippen molar-refractivity contribution in [1.29, 1.82) is 0 Å². The Hall–Kier alpha value is -3.41. The Labute approximate surface area is 194 Å². The van der Waals surface area contributed by atoms with Gasteiger partial charge in [0.2, 0.25) is 5.91 Å². The van der Waals surface area contributed by atoms with Crippen molar-refractivity contribution >= 4 is 22.8 Å². The van der Waals surface area contributed by atoms with Crippen LogP contribution in [0.1, 0.15) is 44.0 Å². The lowest BCUT2D eigenvalue weighted by Crippen LogP contribution is -2.33. The Balaban J connectivity index is 1.43. The normalized spacial score (nSPS) is 19.8. The van der Waals surface area contributed by atoms with E-state index in [0.717, 1.165) is 33.5 Å². The van der Waals surface area contributed by atoms with Gasteiger partial charge >= 0.3 is 5.97 Å². The Morgan fingerprint density at radius 2 is 1.82 bits per heavy atom. The number of carbonyl (C=O) groups is 2. The van der Waals surface area contributed by atoms with Crippen molar-refractivity contribution in [2.24, 2.45) is 17.1 Å². The predicted molar refractivity (Wildman–Crippen MR) is 127 cm³/mol. The van der Waals surface area contributed by atoms with Crippen LogP contribution >= 0.6 is 0 Å². The lowest BCUT2D eigenvalue weighted by Gasteiger charge is -2.21. The average molecular weight is 447 g/mol. The van der Waals surface area contributed by atoms with Crippen LogP contribution in [0.25, 0.3) is 10.9 Å². The summed E-state index contributed by atoms with van der Waals surface area (Å²) < 4.78 is 11.5. The highest BCUT2D eigenvalue weighted by molar-refractivity contribution is 5.93. The number of fused-ring (bicyclic) bond motifs is 1. The minimum atomic E-state index is -0.877. The van der Waals surface area contributed by atoms with Gasteiger partial charge in [-0.15, -0.1) is 0 Å². The summed E-state index contributed by atoms with van der Waals surface area (Å²) in [6, 6.07) is 17.6. The molecule has 172 valence electrons. The van der Waals surface area contributed by atoms with Crippen molar-refractivity contribution < 1.29 is 19.1 Å². The van der Waals surface area contributed by atoms with Crippen LogP contribution in [0.3, 0.4) is 0 Å². The van der Waals surface area contributed by atoms with Crippen molar-refractivity contribution in [3.8, 4) is 5.75 Å². The second-order valence-corrected chi connectivity index (χ2v) is 9.86. The second-order valence-electron chi connectivity index (χ2n) is 9.86. The molecular weight excluding hydrogens is 416 g/mol. The molecule has 1 aromatic heterocycles. The molecule has 0 saturated heterocycles. The van der Waals surface area contributed by atoms with E-state index >= 15 is 0 Å². The molecule has 2 N–H and O–H groups in total. The number of amides is 1. The van der Waals surface area contributed by atoms with Crippen LogP contribution < -0.4 is 10.5 Å². The number of aromatic nitrogens is 1. The number of carbonyl (C=O) groups excluding carboxylic acids is 2. The summed E-state index contributed by atoms with van der Waals surface area (Å²) in [4.78, 5) is 29.3. The number of pyridine rings is 1. The standard InChI is InChI=1S/C27H30N2O4/c1-17-13-19(21-7-5-6-8-23(21)29-17)16-32-20-11-9-18(10-12-20)14-27(25(28)31)15-22(27)24(30)33-26(2,3)4/h5-13,22H,14-16H2,1-4H3,(H2,28,31)/t22?,27-/m0/s1. The molecule has 6 heteroatoms. The third kappa shape index (κ3) is 5.00. The number of hydrogen-bond donors (Lipinski definition) is 1. The van der Waals surface area contributed by atoms with Gasteiger partial charge in [-0.3, -0.25) is 14.6 Å². The lowest BCUT2D eigenvalue weighted by molar-refractivity contribution is -0.158. The van der Waals surface area contributed by atoms with Crippen molar-refractivity contribution in [1.82, 2.24) is 4.98 Å². The molecule has 4 rings (SSSR count). The molecule has 0 aliphatic heterocycles. The molecular formula is C27H30N2O4. The molecule has 1 unspecified atom stereocenters. The molecule has 1 aliphatic carbocycles. The Morgan fingerprint density at radius 3 is 2.48 bits per heavy atom. The topological polar surface area (TPSA) is 91.5 Å². The van der Waals surface area contributed by atoms with E-state index in [-0.39, 0.29) is 5.97 Å². The number of nitrogens with two attached hydrogens (primary N) is 1. The van der Waals surface area contributed by atoms with Crippen LogP contribution in [0.15, 0.2) is 54.6 Å². The van der Waals surface area contributed by atoms with Gasteiger partial charge in [-0.25, -0.2) is 0 Å². The van der Waals surface area contributed by atoms with Gasteiger partial charge in [0.05, 0.1) is 16.8 Å². The fraction of sp³-hybridized carbons (Fsp3) is 0.370. The molecule has 0 radical (unpaired) electrons. The highest BCUT2D eigenvalue weighted by Gasteiger charge is 2.63. The Kier molecular flexibility index (Phi) is 5.87. The number of para-hydroxylation sites is 1. The molecule has 33 heavy (non-hydrogen) atoms. The Morgan fingerprint density at radius 1 is 1.12 bits per heavy atom. The van der Waals surface area contributed by atoms with Crippen molar-refractivity contribution in [2.45, 2.75) is 52.7 Å². The number of ether oxygens (including phenoxy) is 2. The van der Waals surface area contributed by atoms with Crippen LogP contribution in [0.2, 0.25) is 0 Å². The minimum Gasteiger partial charge on any atom is -0.489 e. The first kappa shape index (κ1) is 22.8. The lowest BCUT2D eigenvalue weighted by atomic mass is 9.93. The first-order chi connectivity index (χ1) is 15.6. The van der Waals surface area contributed by atoms with Crippen LogP contribution in [-0.2, 0) is 27.4 Å². The third-order valence-electron chi connectivity index (χ3n) is 6.02. The molecule has 6 nitrogen and oxygen atoms in total. The maximum atomic E-state index is 12.5. The number of esters is 1. The number of rotatable bonds is 7. The van der Waals surface area contributed by atoms with Gasteiger partial charge in [0.15, 0.2) is 0 Å². The molecule has 1 saturated carbocycles. The zero-order valence-electron chi connectivity index (χ0n) is 19.6. The fourth-order valence-electron chi connectivity index (χ4n) is 4.29. The van der Waals surface area contributed by atoms with Gasteiger partial charge in [0.1, 0.15) is 18.0 Å². The van der Waals surface area contributed by atoms with Gasteiger partial charge in [-0.1, -0.05) is 30.3 Å². The summed E-state index contributed by atoms with van der Waals surface area (Å²) in [6.45, 7) is 7.84. The first-order valence-electron chi connectivity index (χ1n) is 11.2. The highest BCUT2D eigenvalue weighted by Crippen LogP contribution is 2.55. The van der Waals surface area contributed by atoms with Gasteiger partial charge < -0.3 is 15.2 Å². The van der Waals surface area contributed by atoms with Crippen molar-refractivity contribution in [2.75, 3.05) is 0 Å². The molecule has 0 spiro atoms. The Bertz CT molecular complexity index is 1200. The number of aryl methyl sites for hydroxylation is 1. The summed E-state index contributed by atoms with van der Waals surface area (Å²) in [5.41, 5.74) is 8.13. The number of primary amides is 1. The minimum absolute atomic E-state index is 0.360. The zero-order valence-corrected chi connectivity index (χ0v) is 19.6. The largest absolute Gasteiger partial charge is 0.489 e. The molecule has 2 atom stereocenters. The van der Waals surface area contributed by atoms with Gasteiger partial charge in [0, 0.05) is 16.6 Å². The molecule has 3 aromatic rings. The van der Waals surface area contributed by atoms with E-state index in [9.17, 15) is 9.59 Å². The SMILES string of the molecule is Cc1cc(COc2ccc(C[C@]3(C(N)=O)CC3C(=O)OC(C)(C)C)cc2)c2ccccc2n1. The van der Waals surface area contributed by atoms with E-state index in [2.05, 4.69) is 4.98 Å². The highest BCUT2D eigenvalue weighted by atomic mass is 16.6. The van der Waals surface area contributed by atoms with Crippen LogP contribution in [0.4, 0.5) is 0 Å². The zero-order chi connectivity index (χ0) is 23.8. The summed E-state index contributed by atoms with van der Waals surface area (Å²) in [5, 5.41) is 1.07. The average Bonchev–Trinajstić information content (AvgIpc) is 3.47. The predicted octanol–water partition coefficient (Wildman–Crippen LogP) is 4.50. The van der Waals surface area contributed by atoms with Crippen LogP contribution in [-0.4, -0.2) is 22.5 Å². The first-order valence-corrected chi connectivity index (χ1v) is 11.2. The summed E-state index contributed by atoms with van der Waals surface area (Å²) in [6.07, 6.45) is 0.824. The van der Waals surface area contributed by atoms with Gasteiger partial charge in [0.25, 0.3) is 0 Å². The van der Waals surface area contributed by atoms with E-state index in [1.807, 2.05) is 82.3 Å². The van der Waals surface area contributed by atoms with E-state index in [0.29, 0.717) is 19.4 Å². The van der Waals surface area contributed by atoms with Crippen molar-refractivity contribution in [3.05, 3.63) is 71.4 Å². The second kappa shape index (κ2) is 8.50. The monoisotopic (exact) mass is 446 g/mol. The van der Waals surface area contributed by atoms with Crippen molar-refractivity contribution in [3.63, 3.8) is 0 Å². The number of benzene rings is 2. The van der Waals surface area contributed by atoms with Gasteiger partial charge in [-0.05, 0) is 70.4 Å². The van der Waals surface area contributed by atoms with Gasteiger partial charge in [-0.2, -0.15) is 0 Å². The van der Waals surface area contributed by atoms with E-state index in [1.54, 1.807) is 0 Å². The smallest absolute Gasteiger partial charge is 0.310 e. The molecule has 2 aromatic carbocycles. The fourth-order valence-corrected chi connectivity index (χ4v) is 4.29. The van der Waals surface area contributed by atoms with E-state index in [1.165, 1.54) is 0 Å². The number of nitrogens with zero attached hydrogens (tertiary/aromatic N) is 1. The summed E-state index contributed by atoms with van der Waals surface area (Å²) >= 11 is 0. The van der Waals surface area contributed by atoms with E-state index < -0.39 is 22.8 Å². The maximum absolute atomic E-state index is 12.5. The molecule has 1 fully saturated rings. The molecule has 1 amide bonds. The number of hydrogen-bond acceptors (Lipinski definition) is 5. The van der Waals surface area contributed by atoms with Crippen LogP contribution in [0.5, 0.6) is 5.75 Å². The molecule has 1 heterocycles. The molecule has 1 aliphatic rings.